The highest BCUT2D eigenvalue weighted by molar-refractivity contribution is 5.67. The van der Waals surface area contributed by atoms with Crippen LogP contribution in [0.1, 0.15) is 50.6 Å². The fourth-order valence-corrected chi connectivity index (χ4v) is 3.48. The number of aliphatic hydroxyl groups excluding tert-OH is 1. The first-order valence-electron chi connectivity index (χ1n) is 8.97. The van der Waals surface area contributed by atoms with Gasteiger partial charge in [0.2, 0.25) is 5.88 Å². The Balaban J connectivity index is 1.82. The van der Waals surface area contributed by atoms with E-state index in [0.29, 0.717) is 50.4 Å². The molecule has 0 spiro atoms. The van der Waals surface area contributed by atoms with Crippen LogP contribution in [-0.2, 0) is 22.5 Å². The second kappa shape index (κ2) is 9.62. The summed E-state index contributed by atoms with van der Waals surface area (Å²) in [5.74, 6) is -0.817. The van der Waals surface area contributed by atoms with Gasteiger partial charge in [0.15, 0.2) is 0 Å². The molecule has 25 heavy (non-hydrogen) atoms. The average molecular weight is 356 g/mol. The van der Waals surface area contributed by atoms with Crippen molar-refractivity contribution < 1.29 is 24.9 Å². The van der Waals surface area contributed by atoms with Crippen molar-refractivity contribution in [3.05, 3.63) is 16.2 Å². The van der Waals surface area contributed by atoms with Crippen LogP contribution in [0.15, 0.2) is 4.79 Å². The van der Waals surface area contributed by atoms with E-state index in [4.69, 9.17) is 9.84 Å². The molecule has 0 aromatic carbocycles. The van der Waals surface area contributed by atoms with Gasteiger partial charge in [-0.25, -0.2) is 9.59 Å². The Kier molecular flexibility index (Phi) is 7.52. The van der Waals surface area contributed by atoms with Gasteiger partial charge >= 0.3 is 11.7 Å². The van der Waals surface area contributed by atoms with Crippen LogP contribution in [0, 0.1) is 5.92 Å². The Labute approximate surface area is 146 Å². The van der Waals surface area contributed by atoms with Gasteiger partial charge in [-0.3, -0.25) is 9.55 Å². The highest BCUT2D eigenvalue weighted by atomic mass is 16.5. The van der Waals surface area contributed by atoms with E-state index < -0.39 is 12.1 Å². The van der Waals surface area contributed by atoms with Crippen molar-refractivity contribution in [2.45, 2.75) is 64.0 Å². The number of carboxylic acid groups (broad SMARTS) is 1. The first-order chi connectivity index (χ1) is 12.0. The van der Waals surface area contributed by atoms with Gasteiger partial charge in [-0.15, -0.1) is 0 Å². The third-order valence-electron chi connectivity index (χ3n) is 4.84. The zero-order chi connectivity index (χ0) is 18.2. The average Bonchev–Trinajstić information content (AvgIpc) is 3.17. The minimum absolute atomic E-state index is 0.133. The smallest absolute Gasteiger partial charge is 0.329 e. The number of nitrogens with one attached hydrogen (secondary N) is 1. The molecule has 0 radical (unpaired) electrons. The summed E-state index contributed by atoms with van der Waals surface area (Å²) < 4.78 is 6.45. The molecule has 0 amide bonds. The Bertz CT molecular complexity index is 603. The summed E-state index contributed by atoms with van der Waals surface area (Å²) >= 11 is 0. The number of imidazole rings is 1. The molecule has 0 saturated heterocycles. The molecular weight excluding hydrogens is 328 g/mol. The molecule has 1 heterocycles. The lowest BCUT2D eigenvalue weighted by atomic mass is 9.98. The summed E-state index contributed by atoms with van der Waals surface area (Å²) in [6.07, 6.45) is 6.26. The third kappa shape index (κ3) is 5.89. The van der Waals surface area contributed by atoms with E-state index in [0.717, 1.165) is 25.7 Å². The highest BCUT2D eigenvalue weighted by Crippen LogP contribution is 2.29. The monoisotopic (exact) mass is 356 g/mol. The van der Waals surface area contributed by atoms with Crippen molar-refractivity contribution >= 4 is 5.97 Å². The van der Waals surface area contributed by atoms with Crippen LogP contribution in [-0.4, -0.2) is 50.2 Å². The molecule has 1 aliphatic carbocycles. The maximum atomic E-state index is 12.0. The number of aromatic nitrogens is 2. The molecule has 1 aliphatic rings. The molecule has 0 aliphatic heterocycles. The van der Waals surface area contributed by atoms with E-state index in [1.54, 1.807) is 0 Å². The van der Waals surface area contributed by atoms with Crippen LogP contribution in [0.2, 0.25) is 0 Å². The topological polar surface area (TPSA) is 125 Å². The number of aliphatic hydroxyl groups is 1. The normalized spacial score (nSPS) is 16.4. The molecule has 2 rings (SSSR count). The number of ether oxygens (including phenoxy) is 1. The van der Waals surface area contributed by atoms with Gasteiger partial charge in [-0.1, -0.05) is 12.8 Å². The second-order valence-corrected chi connectivity index (χ2v) is 6.68. The third-order valence-corrected chi connectivity index (χ3v) is 4.84. The number of carbonyl (C=O) groups is 1. The first kappa shape index (κ1) is 19.5. The van der Waals surface area contributed by atoms with Crippen LogP contribution in [0.25, 0.3) is 0 Å². The van der Waals surface area contributed by atoms with Gasteiger partial charge in [0.25, 0.3) is 0 Å². The number of nitrogens with zero attached hydrogens (tertiary/aromatic N) is 1. The number of H-pyrrole nitrogens is 1. The zero-order valence-electron chi connectivity index (χ0n) is 14.4. The maximum Gasteiger partial charge on any atom is 0.329 e. The van der Waals surface area contributed by atoms with Gasteiger partial charge in [-0.05, 0) is 44.4 Å². The molecule has 8 heteroatoms. The van der Waals surface area contributed by atoms with Crippen molar-refractivity contribution in [3.63, 3.8) is 0 Å². The number of rotatable bonds is 11. The van der Waals surface area contributed by atoms with E-state index in [1.165, 1.54) is 4.57 Å². The van der Waals surface area contributed by atoms with Crippen molar-refractivity contribution in [2.75, 3.05) is 13.2 Å². The van der Waals surface area contributed by atoms with Crippen LogP contribution in [0.4, 0.5) is 0 Å². The van der Waals surface area contributed by atoms with Crippen molar-refractivity contribution in [1.82, 2.24) is 9.55 Å². The number of aromatic hydroxyl groups is 1. The standard InChI is InChI=1S/C17H28N2O6/c20-14(12-5-1-2-6-12)8-9-19-13(16(23)18-17(19)24)7-3-4-10-25-11-15(21)22/h12,14,20,23H,1-11H2,(H,18,24)(H,21,22). The molecule has 1 saturated carbocycles. The van der Waals surface area contributed by atoms with E-state index >= 15 is 0 Å². The lowest BCUT2D eigenvalue weighted by Gasteiger charge is -2.18. The predicted molar refractivity (Wildman–Crippen MR) is 90.7 cm³/mol. The summed E-state index contributed by atoms with van der Waals surface area (Å²) in [5.41, 5.74) is 0.162. The summed E-state index contributed by atoms with van der Waals surface area (Å²) in [4.78, 5) is 24.7. The lowest BCUT2D eigenvalue weighted by molar-refractivity contribution is -0.142. The number of unbranched alkanes of at least 4 members (excludes halogenated alkanes) is 1. The van der Waals surface area contributed by atoms with Crippen molar-refractivity contribution in [3.8, 4) is 5.88 Å². The molecule has 1 fully saturated rings. The molecule has 4 N–H and O–H groups in total. The summed E-state index contributed by atoms with van der Waals surface area (Å²) in [7, 11) is 0. The molecule has 0 bridgehead atoms. The second-order valence-electron chi connectivity index (χ2n) is 6.68. The first-order valence-corrected chi connectivity index (χ1v) is 8.97. The fourth-order valence-electron chi connectivity index (χ4n) is 3.48. The lowest BCUT2D eigenvalue weighted by Crippen LogP contribution is -2.25. The molecule has 142 valence electrons. The SMILES string of the molecule is O=C(O)COCCCCc1c(O)[nH]c(=O)n1CCC(O)C1CCCC1. The predicted octanol–water partition coefficient (Wildman–Crippen LogP) is 1.25. The van der Waals surface area contributed by atoms with E-state index in [1.807, 2.05) is 0 Å². The highest BCUT2D eigenvalue weighted by Gasteiger charge is 2.23. The van der Waals surface area contributed by atoms with E-state index in [-0.39, 0.29) is 18.2 Å². The molecule has 1 aromatic rings. The number of hydrogen-bond acceptors (Lipinski definition) is 5. The van der Waals surface area contributed by atoms with Gasteiger partial charge in [0.05, 0.1) is 11.8 Å². The molecule has 1 aromatic heterocycles. The maximum absolute atomic E-state index is 12.0. The van der Waals surface area contributed by atoms with Crippen LogP contribution < -0.4 is 5.69 Å². The Morgan fingerprint density at radius 2 is 2.04 bits per heavy atom. The summed E-state index contributed by atoms with van der Waals surface area (Å²) in [5, 5.41) is 28.7. The minimum Gasteiger partial charge on any atom is -0.493 e. The van der Waals surface area contributed by atoms with Gasteiger partial charge in [0, 0.05) is 13.2 Å². The Hall–Kier alpha value is -1.80. The van der Waals surface area contributed by atoms with Crippen LogP contribution in [0.3, 0.4) is 0 Å². The summed E-state index contributed by atoms with van der Waals surface area (Å²) in [6, 6.07) is 0. The molecule has 1 atom stereocenters. The van der Waals surface area contributed by atoms with Gasteiger partial charge in [-0.2, -0.15) is 0 Å². The molecular formula is C17H28N2O6. The molecule has 1 unspecified atom stereocenters. The van der Waals surface area contributed by atoms with Crippen LogP contribution in [0.5, 0.6) is 5.88 Å². The Morgan fingerprint density at radius 1 is 1.32 bits per heavy atom. The van der Waals surface area contributed by atoms with Crippen molar-refractivity contribution in [2.24, 2.45) is 5.92 Å². The van der Waals surface area contributed by atoms with Crippen LogP contribution >= 0.6 is 0 Å². The number of aromatic amines is 1. The van der Waals surface area contributed by atoms with Gasteiger partial charge < -0.3 is 20.1 Å². The minimum atomic E-state index is -1.00. The van der Waals surface area contributed by atoms with Crippen molar-refractivity contribution in [1.29, 1.82) is 0 Å². The summed E-state index contributed by atoms with van der Waals surface area (Å²) in [6.45, 7) is 0.375. The van der Waals surface area contributed by atoms with E-state index in [9.17, 15) is 19.8 Å². The fraction of sp³-hybridized carbons (Fsp3) is 0.765. The number of aliphatic carboxylic acids is 1. The number of hydrogen-bond donors (Lipinski definition) is 4. The Morgan fingerprint density at radius 3 is 2.72 bits per heavy atom. The quantitative estimate of drug-likeness (QED) is 0.442. The zero-order valence-corrected chi connectivity index (χ0v) is 14.4. The number of carboxylic acids is 1. The van der Waals surface area contributed by atoms with E-state index in [2.05, 4.69) is 4.98 Å². The van der Waals surface area contributed by atoms with Gasteiger partial charge in [0.1, 0.15) is 6.61 Å². The molecule has 8 nitrogen and oxygen atoms in total. The largest absolute Gasteiger partial charge is 0.493 e.